The lowest BCUT2D eigenvalue weighted by molar-refractivity contribution is 0.0688. The Balaban J connectivity index is 1.46. The van der Waals surface area contributed by atoms with Crippen LogP contribution in [0.3, 0.4) is 0 Å². The van der Waals surface area contributed by atoms with Gasteiger partial charge < -0.3 is 14.4 Å². The van der Waals surface area contributed by atoms with Crippen LogP contribution in [0, 0.1) is 0 Å². The lowest BCUT2D eigenvalue weighted by Crippen LogP contribution is -2.39. The van der Waals surface area contributed by atoms with Crippen molar-refractivity contribution in [1.29, 1.82) is 0 Å². The molecule has 0 unspecified atom stereocenters. The van der Waals surface area contributed by atoms with Crippen LogP contribution in [0.2, 0.25) is 0 Å². The molecule has 1 fully saturated rings. The molecule has 138 valence electrons. The molecule has 6 heteroatoms. The third-order valence-electron chi connectivity index (χ3n) is 4.84. The van der Waals surface area contributed by atoms with E-state index in [0.717, 1.165) is 18.6 Å². The van der Waals surface area contributed by atoms with Crippen molar-refractivity contribution in [3.63, 3.8) is 0 Å². The summed E-state index contributed by atoms with van der Waals surface area (Å²) < 4.78 is 5.97. The molecule has 2 aromatic heterocycles. The number of oxazole rings is 1. The topological polar surface area (TPSA) is 79.5 Å². The highest BCUT2D eigenvalue weighted by atomic mass is 16.4. The van der Waals surface area contributed by atoms with E-state index in [4.69, 9.17) is 4.42 Å². The largest absolute Gasteiger partial charge is 0.505 e. The maximum atomic E-state index is 12.7. The van der Waals surface area contributed by atoms with E-state index in [-0.39, 0.29) is 23.3 Å². The lowest BCUT2D eigenvalue weighted by Gasteiger charge is -2.31. The number of nitrogens with zero attached hydrogens (tertiary/aromatic N) is 3. The number of hydrogen-bond acceptors (Lipinski definition) is 5. The fraction of sp³-hybridized carbons (Fsp3) is 0.286. The molecule has 1 aromatic carbocycles. The summed E-state index contributed by atoms with van der Waals surface area (Å²) >= 11 is 0. The number of piperidine rings is 1. The summed E-state index contributed by atoms with van der Waals surface area (Å²) in [6, 6.07) is 13.2. The van der Waals surface area contributed by atoms with Crippen LogP contribution in [0.5, 0.6) is 5.75 Å². The van der Waals surface area contributed by atoms with Crippen molar-refractivity contribution < 1.29 is 14.3 Å². The minimum absolute atomic E-state index is 0.0538. The van der Waals surface area contributed by atoms with Crippen LogP contribution in [0.1, 0.15) is 46.5 Å². The molecular weight excluding hydrogens is 342 g/mol. The van der Waals surface area contributed by atoms with Crippen LogP contribution in [0.25, 0.3) is 0 Å². The van der Waals surface area contributed by atoms with Gasteiger partial charge in [-0.15, -0.1) is 0 Å². The van der Waals surface area contributed by atoms with E-state index in [0.29, 0.717) is 25.4 Å². The van der Waals surface area contributed by atoms with Gasteiger partial charge in [0.1, 0.15) is 11.5 Å². The Kier molecular flexibility index (Phi) is 4.87. The van der Waals surface area contributed by atoms with Crippen molar-refractivity contribution in [2.24, 2.45) is 0 Å². The smallest absolute Gasteiger partial charge is 0.276 e. The first kappa shape index (κ1) is 17.3. The Morgan fingerprint density at radius 2 is 2.04 bits per heavy atom. The molecule has 0 radical (unpaired) electrons. The number of aromatic nitrogens is 2. The lowest BCUT2D eigenvalue weighted by atomic mass is 9.97. The molecule has 1 atom stereocenters. The van der Waals surface area contributed by atoms with E-state index in [9.17, 15) is 9.90 Å². The Labute approximate surface area is 157 Å². The summed E-state index contributed by atoms with van der Waals surface area (Å²) in [5.74, 6) is 1.20. The Morgan fingerprint density at radius 1 is 1.19 bits per heavy atom. The SMILES string of the molecule is O=C(c1ncccc1O)N1CCC[C@H](c2ncc(Cc3ccccc3)o2)C1. The molecule has 0 bridgehead atoms. The minimum atomic E-state index is -0.256. The third-order valence-corrected chi connectivity index (χ3v) is 4.84. The van der Waals surface area contributed by atoms with E-state index in [2.05, 4.69) is 22.1 Å². The molecule has 0 spiro atoms. The summed E-state index contributed by atoms with van der Waals surface area (Å²) in [7, 11) is 0. The Morgan fingerprint density at radius 3 is 2.85 bits per heavy atom. The van der Waals surface area contributed by atoms with Crippen molar-refractivity contribution in [3.8, 4) is 5.75 Å². The molecule has 27 heavy (non-hydrogen) atoms. The first-order valence-corrected chi connectivity index (χ1v) is 9.12. The van der Waals surface area contributed by atoms with Crippen molar-refractivity contribution in [3.05, 3.63) is 77.8 Å². The number of benzene rings is 1. The summed E-state index contributed by atoms with van der Waals surface area (Å²) in [5.41, 5.74) is 1.27. The van der Waals surface area contributed by atoms with Crippen molar-refractivity contribution >= 4 is 5.91 Å². The van der Waals surface area contributed by atoms with Gasteiger partial charge in [-0.05, 0) is 30.5 Å². The van der Waals surface area contributed by atoms with E-state index >= 15 is 0 Å². The van der Waals surface area contributed by atoms with Crippen molar-refractivity contribution in [2.45, 2.75) is 25.2 Å². The van der Waals surface area contributed by atoms with E-state index < -0.39 is 0 Å². The average molecular weight is 363 g/mol. The van der Waals surface area contributed by atoms with Gasteiger partial charge in [0.25, 0.3) is 5.91 Å². The summed E-state index contributed by atoms with van der Waals surface area (Å²) in [6.07, 6.45) is 5.76. The fourth-order valence-corrected chi connectivity index (χ4v) is 3.46. The standard InChI is InChI=1S/C21H21N3O3/c25-18-9-4-10-22-19(18)21(26)24-11-5-8-16(14-24)20-23-13-17(27-20)12-15-6-2-1-3-7-15/h1-4,6-7,9-10,13,16,25H,5,8,11-12,14H2/t16-/m0/s1. The average Bonchev–Trinajstić information content (AvgIpc) is 3.17. The van der Waals surface area contributed by atoms with Crippen LogP contribution < -0.4 is 0 Å². The van der Waals surface area contributed by atoms with E-state index in [1.807, 2.05) is 18.2 Å². The van der Waals surface area contributed by atoms with Crippen LogP contribution in [-0.4, -0.2) is 39.0 Å². The van der Waals surface area contributed by atoms with E-state index in [1.54, 1.807) is 17.2 Å². The van der Waals surface area contributed by atoms with Gasteiger partial charge in [0.05, 0.1) is 12.1 Å². The molecule has 1 amide bonds. The maximum absolute atomic E-state index is 12.7. The molecule has 1 N–H and O–H groups in total. The zero-order valence-electron chi connectivity index (χ0n) is 14.9. The molecule has 6 nitrogen and oxygen atoms in total. The van der Waals surface area contributed by atoms with Gasteiger partial charge in [0.2, 0.25) is 0 Å². The second kappa shape index (κ2) is 7.61. The molecular formula is C21H21N3O3. The normalized spacial score (nSPS) is 17.0. The van der Waals surface area contributed by atoms with Crippen LogP contribution in [-0.2, 0) is 6.42 Å². The molecule has 3 heterocycles. The number of hydrogen-bond donors (Lipinski definition) is 1. The number of amides is 1. The van der Waals surface area contributed by atoms with Gasteiger partial charge in [-0.2, -0.15) is 0 Å². The number of carbonyl (C=O) groups excluding carboxylic acids is 1. The van der Waals surface area contributed by atoms with Gasteiger partial charge in [0.15, 0.2) is 11.6 Å². The summed E-state index contributed by atoms with van der Waals surface area (Å²) in [4.78, 5) is 22.9. The Hall–Kier alpha value is -3.15. The minimum Gasteiger partial charge on any atom is -0.505 e. The predicted octanol–water partition coefficient (Wildman–Crippen LogP) is 3.39. The Bertz CT molecular complexity index is 923. The van der Waals surface area contributed by atoms with Gasteiger partial charge in [-0.3, -0.25) is 4.79 Å². The van der Waals surface area contributed by atoms with Crippen LogP contribution >= 0.6 is 0 Å². The molecule has 0 saturated carbocycles. The van der Waals surface area contributed by atoms with Gasteiger partial charge >= 0.3 is 0 Å². The third kappa shape index (κ3) is 3.84. The predicted molar refractivity (Wildman–Crippen MR) is 99.5 cm³/mol. The van der Waals surface area contributed by atoms with Crippen molar-refractivity contribution in [2.75, 3.05) is 13.1 Å². The number of rotatable bonds is 4. The molecule has 4 rings (SSSR count). The molecule has 1 aliphatic heterocycles. The molecule has 0 aliphatic carbocycles. The second-order valence-corrected chi connectivity index (χ2v) is 6.79. The van der Waals surface area contributed by atoms with E-state index in [1.165, 1.54) is 17.8 Å². The second-order valence-electron chi connectivity index (χ2n) is 6.79. The highest BCUT2D eigenvalue weighted by Crippen LogP contribution is 2.28. The van der Waals surface area contributed by atoms with Gasteiger partial charge in [-0.25, -0.2) is 9.97 Å². The number of carbonyl (C=O) groups is 1. The van der Waals surface area contributed by atoms with Crippen LogP contribution in [0.15, 0.2) is 59.3 Å². The molecule has 1 saturated heterocycles. The number of aromatic hydroxyl groups is 1. The number of likely N-dealkylation sites (tertiary alicyclic amines) is 1. The number of pyridine rings is 1. The highest BCUT2D eigenvalue weighted by Gasteiger charge is 2.29. The molecule has 3 aromatic rings. The van der Waals surface area contributed by atoms with Gasteiger partial charge in [-0.1, -0.05) is 30.3 Å². The first-order valence-electron chi connectivity index (χ1n) is 9.12. The fourth-order valence-electron chi connectivity index (χ4n) is 3.46. The quantitative estimate of drug-likeness (QED) is 0.769. The zero-order valence-corrected chi connectivity index (χ0v) is 14.9. The van der Waals surface area contributed by atoms with Crippen LogP contribution in [0.4, 0.5) is 0 Å². The summed E-state index contributed by atoms with van der Waals surface area (Å²) in [6.45, 7) is 1.16. The summed E-state index contributed by atoms with van der Waals surface area (Å²) in [5, 5.41) is 9.90. The van der Waals surface area contributed by atoms with Crippen molar-refractivity contribution in [1.82, 2.24) is 14.9 Å². The zero-order chi connectivity index (χ0) is 18.6. The monoisotopic (exact) mass is 363 g/mol. The first-order chi connectivity index (χ1) is 13.2. The van der Waals surface area contributed by atoms with Gasteiger partial charge in [0, 0.05) is 25.7 Å². The molecule has 1 aliphatic rings. The highest BCUT2D eigenvalue weighted by molar-refractivity contribution is 5.94. The maximum Gasteiger partial charge on any atom is 0.276 e.